The molecule has 6 heteroatoms. The van der Waals surface area contributed by atoms with Crippen molar-refractivity contribution in [2.24, 2.45) is 4.99 Å². The van der Waals surface area contributed by atoms with Crippen LogP contribution < -0.4 is 10.6 Å². The lowest BCUT2D eigenvalue weighted by atomic mass is 10.1. The third-order valence-electron chi connectivity index (χ3n) is 3.91. The van der Waals surface area contributed by atoms with Crippen molar-refractivity contribution in [1.29, 1.82) is 0 Å². The molecule has 0 aliphatic heterocycles. The zero-order chi connectivity index (χ0) is 18.6. The highest BCUT2D eigenvalue weighted by atomic mass is 127. The number of aliphatic imine (C=N–C) groups is 1. The number of carbonyl (C=O) groups excluding carboxylic acids is 1. The predicted octanol–water partition coefficient (Wildman–Crippen LogP) is 3.06. The first-order valence-electron chi connectivity index (χ1n) is 9.03. The summed E-state index contributed by atoms with van der Waals surface area (Å²) in [6.07, 6.45) is 0.824. The Morgan fingerprint density at radius 1 is 0.963 bits per heavy atom. The molecule has 0 saturated carbocycles. The summed E-state index contributed by atoms with van der Waals surface area (Å²) >= 11 is 0. The maximum atomic E-state index is 12.1. The summed E-state index contributed by atoms with van der Waals surface area (Å²) in [5.41, 5.74) is 2.42. The molecule has 0 aromatic heterocycles. The third kappa shape index (κ3) is 8.90. The minimum Gasteiger partial charge on any atom is -0.357 e. The molecule has 0 fully saturated rings. The fraction of sp³-hybridized carbons (Fsp3) is 0.333. The van der Waals surface area contributed by atoms with Crippen molar-refractivity contribution in [3.05, 3.63) is 71.8 Å². The number of benzene rings is 2. The average Bonchev–Trinajstić information content (AvgIpc) is 2.66. The first kappa shape index (κ1) is 23.0. The van der Waals surface area contributed by atoms with Crippen molar-refractivity contribution in [3.8, 4) is 0 Å². The average molecular weight is 480 g/mol. The molecule has 2 N–H and O–H groups in total. The van der Waals surface area contributed by atoms with Gasteiger partial charge in [0.05, 0.1) is 0 Å². The number of carbonyl (C=O) groups is 1. The Hall–Kier alpha value is -2.09. The minimum atomic E-state index is -0.0653. The van der Waals surface area contributed by atoms with Crippen LogP contribution in [0.3, 0.4) is 0 Å². The van der Waals surface area contributed by atoms with E-state index in [1.807, 2.05) is 55.3 Å². The van der Waals surface area contributed by atoms with Gasteiger partial charge in [0.2, 0.25) is 5.91 Å². The molecule has 0 bridgehead atoms. The standard InChI is InChI=1S/C21H28N4O.HI/c1-3-22-21(25(2)17-19-12-8-5-9-13-19)24-16-20(26)23-15-14-18-10-6-4-7-11-18;/h4-13H,3,14-17H2,1-2H3,(H,22,24)(H,23,26);1H. The molecular formula is C21H29IN4O. The number of hydrogen-bond acceptors (Lipinski definition) is 2. The molecule has 0 saturated heterocycles. The van der Waals surface area contributed by atoms with Gasteiger partial charge < -0.3 is 15.5 Å². The van der Waals surface area contributed by atoms with Gasteiger partial charge in [-0.15, -0.1) is 24.0 Å². The Kier molecular flexibility index (Phi) is 11.2. The highest BCUT2D eigenvalue weighted by Crippen LogP contribution is 2.03. The summed E-state index contributed by atoms with van der Waals surface area (Å²) in [6.45, 7) is 4.26. The van der Waals surface area contributed by atoms with Crippen LogP contribution in [-0.2, 0) is 17.8 Å². The van der Waals surface area contributed by atoms with Gasteiger partial charge in [-0.2, -0.15) is 0 Å². The predicted molar refractivity (Wildman–Crippen MR) is 122 cm³/mol. The largest absolute Gasteiger partial charge is 0.357 e. The van der Waals surface area contributed by atoms with Crippen molar-refractivity contribution in [2.75, 3.05) is 26.7 Å². The number of nitrogens with zero attached hydrogens (tertiary/aromatic N) is 2. The van der Waals surface area contributed by atoms with Crippen molar-refractivity contribution in [1.82, 2.24) is 15.5 Å². The molecule has 0 atom stereocenters. The van der Waals surface area contributed by atoms with Gasteiger partial charge in [0.15, 0.2) is 5.96 Å². The lowest BCUT2D eigenvalue weighted by Crippen LogP contribution is -2.39. The van der Waals surface area contributed by atoms with Crippen LogP contribution in [0.5, 0.6) is 0 Å². The van der Waals surface area contributed by atoms with Gasteiger partial charge in [0, 0.05) is 26.7 Å². The van der Waals surface area contributed by atoms with Gasteiger partial charge in [-0.1, -0.05) is 60.7 Å². The number of nitrogens with one attached hydrogen (secondary N) is 2. The van der Waals surface area contributed by atoms with E-state index in [4.69, 9.17) is 0 Å². The van der Waals surface area contributed by atoms with E-state index in [0.717, 1.165) is 25.5 Å². The number of hydrogen-bond donors (Lipinski definition) is 2. The molecule has 2 rings (SSSR count). The number of rotatable bonds is 8. The van der Waals surface area contributed by atoms with E-state index in [0.29, 0.717) is 6.54 Å². The van der Waals surface area contributed by atoms with Gasteiger partial charge in [-0.3, -0.25) is 4.79 Å². The lowest BCUT2D eigenvalue weighted by molar-refractivity contribution is -0.119. The van der Waals surface area contributed by atoms with Crippen molar-refractivity contribution in [3.63, 3.8) is 0 Å². The highest BCUT2D eigenvalue weighted by molar-refractivity contribution is 14.0. The van der Waals surface area contributed by atoms with E-state index >= 15 is 0 Å². The molecule has 2 aromatic rings. The molecule has 0 unspecified atom stereocenters. The summed E-state index contributed by atoms with van der Waals surface area (Å²) in [5.74, 6) is 0.666. The third-order valence-corrected chi connectivity index (χ3v) is 3.91. The Morgan fingerprint density at radius 2 is 1.56 bits per heavy atom. The van der Waals surface area contributed by atoms with Crippen molar-refractivity contribution < 1.29 is 4.79 Å². The second kappa shape index (κ2) is 13.1. The Balaban J connectivity index is 0.00000364. The van der Waals surface area contributed by atoms with Crippen LogP contribution in [0.25, 0.3) is 0 Å². The molecule has 146 valence electrons. The molecule has 5 nitrogen and oxygen atoms in total. The summed E-state index contributed by atoms with van der Waals surface area (Å²) in [7, 11) is 1.97. The minimum absolute atomic E-state index is 0. The SMILES string of the molecule is CCNC(=NCC(=O)NCCc1ccccc1)N(C)Cc1ccccc1.I. The summed E-state index contributed by atoms with van der Waals surface area (Å²) in [5, 5.41) is 6.16. The van der Waals surface area contributed by atoms with E-state index in [2.05, 4.69) is 39.9 Å². The van der Waals surface area contributed by atoms with Crippen LogP contribution in [0, 0.1) is 0 Å². The van der Waals surface area contributed by atoms with Crippen LogP contribution >= 0.6 is 24.0 Å². The summed E-state index contributed by atoms with van der Waals surface area (Å²) < 4.78 is 0. The zero-order valence-electron chi connectivity index (χ0n) is 16.0. The van der Waals surface area contributed by atoms with Crippen LogP contribution in [0.2, 0.25) is 0 Å². The monoisotopic (exact) mass is 480 g/mol. The van der Waals surface area contributed by atoms with Gasteiger partial charge in [0.25, 0.3) is 0 Å². The Morgan fingerprint density at radius 3 is 2.15 bits per heavy atom. The van der Waals surface area contributed by atoms with E-state index < -0.39 is 0 Å². The molecule has 0 spiro atoms. The Labute approximate surface area is 179 Å². The van der Waals surface area contributed by atoms with Gasteiger partial charge in [-0.05, 0) is 24.5 Å². The number of halogens is 1. The maximum absolute atomic E-state index is 12.1. The first-order chi connectivity index (χ1) is 12.7. The van der Waals surface area contributed by atoms with E-state index in [1.165, 1.54) is 11.1 Å². The molecule has 1 amide bonds. The molecule has 0 aliphatic carbocycles. The second-order valence-corrected chi connectivity index (χ2v) is 6.10. The van der Waals surface area contributed by atoms with E-state index in [1.54, 1.807) is 0 Å². The molecular weight excluding hydrogens is 451 g/mol. The van der Waals surface area contributed by atoms with Gasteiger partial charge >= 0.3 is 0 Å². The maximum Gasteiger partial charge on any atom is 0.241 e. The molecule has 0 radical (unpaired) electrons. The molecule has 27 heavy (non-hydrogen) atoms. The van der Waals surface area contributed by atoms with Gasteiger partial charge in [-0.25, -0.2) is 4.99 Å². The Bertz CT molecular complexity index is 692. The number of guanidine groups is 1. The fourth-order valence-electron chi connectivity index (χ4n) is 2.60. The van der Waals surface area contributed by atoms with Crippen LogP contribution in [0.1, 0.15) is 18.1 Å². The fourth-order valence-corrected chi connectivity index (χ4v) is 2.60. The highest BCUT2D eigenvalue weighted by Gasteiger charge is 2.07. The first-order valence-corrected chi connectivity index (χ1v) is 9.03. The van der Waals surface area contributed by atoms with Gasteiger partial charge in [0.1, 0.15) is 6.54 Å². The summed E-state index contributed by atoms with van der Waals surface area (Å²) in [4.78, 5) is 18.5. The molecule has 0 heterocycles. The zero-order valence-corrected chi connectivity index (χ0v) is 18.4. The lowest BCUT2D eigenvalue weighted by Gasteiger charge is -2.22. The van der Waals surface area contributed by atoms with Crippen LogP contribution in [0.15, 0.2) is 65.7 Å². The van der Waals surface area contributed by atoms with Crippen molar-refractivity contribution in [2.45, 2.75) is 19.9 Å². The second-order valence-electron chi connectivity index (χ2n) is 6.10. The van der Waals surface area contributed by atoms with Crippen molar-refractivity contribution >= 4 is 35.8 Å². The molecule has 2 aromatic carbocycles. The topological polar surface area (TPSA) is 56.7 Å². The number of amides is 1. The van der Waals surface area contributed by atoms with E-state index in [-0.39, 0.29) is 36.4 Å². The summed E-state index contributed by atoms with van der Waals surface area (Å²) in [6, 6.07) is 20.3. The van der Waals surface area contributed by atoms with E-state index in [9.17, 15) is 4.79 Å². The normalized spacial score (nSPS) is 10.7. The smallest absolute Gasteiger partial charge is 0.241 e. The van der Waals surface area contributed by atoms with Crippen LogP contribution in [0.4, 0.5) is 0 Å². The van der Waals surface area contributed by atoms with Crippen LogP contribution in [-0.4, -0.2) is 43.4 Å². The quantitative estimate of drug-likeness (QED) is 0.347. The molecule has 0 aliphatic rings.